The van der Waals surface area contributed by atoms with Crippen LogP contribution >= 0.6 is 15.9 Å². The number of benzene rings is 2. The van der Waals surface area contributed by atoms with Gasteiger partial charge in [0.05, 0.1) is 5.69 Å². The molecule has 2 rings (SSSR count). The number of nitrogens with two attached hydrogens (primary N) is 1. The summed E-state index contributed by atoms with van der Waals surface area (Å²) in [5.41, 5.74) is 8.33. The number of halogens is 1. The second-order valence-corrected chi connectivity index (χ2v) is 5.05. The highest BCUT2D eigenvalue weighted by Crippen LogP contribution is 2.28. The van der Waals surface area contributed by atoms with Crippen LogP contribution in [0.15, 0.2) is 40.9 Å². The molecule has 0 aliphatic carbocycles. The zero-order valence-corrected chi connectivity index (χ0v) is 11.9. The lowest BCUT2D eigenvalue weighted by Crippen LogP contribution is -2.12. The fourth-order valence-electron chi connectivity index (χ4n) is 1.63. The topological polar surface area (TPSA) is 75.3 Å². The summed E-state index contributed by atoms with van der Waals surface area (Å²) in [6.45, 7) is 1.89. The predicted octanol–water partition coefficient (Wildman–Crippen LogP) is 3.30. The number of hydrogen-bond donors (Lipinski definition) is 3. The van der Waals surface area contributed by atoms with Gasteiger partial charge in [0, 0.05) is 15.7 Å². The van der Waals surface area contributed by atoms with Crippen LogP contribution in [0.2, 0.25) is 0 Å². The highest BCUT2D eigenvalue weighted by molar-refractivity contribution is 9.10. The van der Waals surface area contributed by atoms with E-state index in [1.165, 1.54) is 12.1 Å². The Morgan fingerprint density at radius 1 is 1.32 bits per heavy atom. The summed E-state index contributed by atoms with van der Waals surface area (Å²) >= 11 is 3.38. The van der Waals surface area contributed by atoms with E-state index in [0.717, 1.165) is 10.0 Å². The van der Waals surface area contributed by atoms with Crippen molar-refractivity contribution in [1.82, 2.24) is 0 Å². The van der Waals surface area contributed by atoms with E-state index in [-0.39, 0.29) is 11.7 Å². The zero-order chi connectivity index (χ0) is 14.0. The lowest BCUT2D eigenvalue weighted by atomic mass is 10.1. The lowest BCUT2D eigenvalue weighted by Gasteiger charge is -2.10. The molecule has 4 N–H and O–H groups in total. The average molecular weight is 321 g/mol. The van der Waals surface area contributed by atoms with Crippen molar-refractivity contribution in [3.05, 3.63) is 52.0 Å². The van der Waals surface area contributed by atoms with Gasteiger partial charge in [0.1, 0.15) is 5.75 Å². The zero-order valence-electron chi connectivity index (χ0n) is 10.3. The van der Waals surface area contributed by atoms with Gasteiger partial charge in [-0.3, -0.25) is 4.79 Å². The number of phenols is 1. The highest BCUT2D eigenvalue weighted by Gasteiger charge is 2.10. The number of anilines is 2. The molecule has 0 radical (unpaired) electrons. The fourth-order valence-corrected chi connectivity index (χ4v) is 2.18. The summed E-state index contributed by atoms with van der Waals surface area (Å²) < 4.78 is 0.757. The maximum atomic E-state index is 12.0. The number of carbonyl (C=O) groups is 1. The van der Waals surface area contributed by atoms with Gasteiger partial charge in [0.25, 0.3) is 5.91 Å². The molecular formula is C14H13BrN2O2. The third-order valence-corrected chi connectivity index (χ3v) is 3.37. The van der Waals surface area contributed by atoms with Gasteiger partial charge in [-0.05, 0) is 58.7 Å². The minimum atomic E-state index is -0.306. The van der Waals surface area contributed by atoms with Gasteiger partial charge in [0.15, 0.2) is 0 Å². The average Bonchev–Trinajstić information content (AvgIpc) is 2.36. The molecular weight excluding hydrogens is 308 g/mol. The van der Waals surface area contributed by atoms with Crippen molar-refractivity contribution in [2.75, 3.05) is 11.1 Å². The Kier molecular flexibility index (Phi) is 3.76. The third-order valence-electron chi connectivity index (χ3n) is 2.71. The molecule has 0 aliphatic rings. The number of rotatable bonds is 2. The number of carbonyl (C=O) groups excluding carboxylic acids is 1. The molecule has 0 aromatic heterocycles. The number of phenolic OH excluding ortho intramolecular Hbond substituents is 1. The number of amides is 1. The lowest BCUT2D eigenvalue weighted by molar-refractivity contribution is 0.102. The molecule has 98 valence electrons. The summed E-state index contributed by atoms with van der Waals surface area (Å²) in [6, 6.07) is 9.69. The maximum absolute atomic E-state index is 12.0. The van der Waals surface area contributed by atoms with Crippen LogP contribution < -0.4 is 11.1 Å². The molecule has 0 bridgehead atoms. The second kappa shape index (κ2) is 5.32. The Hall–Kier alpha value is -2.01. The third kappa shape index (κ3) is 3.06. The van der Waals surface area contributed by atoms with E-state index in [2.05, 4.69) is 21.2 Å². The van der Waals surface area contributed by atoms with E-state index in [9.17, 15) is 9.90 Å². The number of nitrogens with one attached hydrogen (secondary N) is 1. The van der Waals surface area contributed by atoms with Gasteiger partial charge < -0.3 is 16.2 Å². The van der Waals surface area contributed by atoms with Gasteiger partial charge in [0.2, 0.25) is 0 Å². The predicted molar refractivity (Wildman–Crippen MR) is 79.4 cm³/mol. The van der Waals surface area contributed by atoms with Gasteiger partial charge in [-0.2, -0.15) is 0 Å². The first kappa shape index (κ1) is 13.4. The quantitative estimate of drug-likeness (QED) is 0.743. The van der Waals surface area contributed by atoms with Gasteiger partial charge in [-0.1, -0.05) is 6.07 Å². The molecule has 4 nitrogen and oxygen atoms in total. The molecule has 2 aromatic rings. The number of nitrogen functional groups attached to an aromatic ring is 1. The van der Waals surface area contributed by atoms with Gasteiger partial charge >= 0.3 is 0 Å². The molecule has 5 heteroatoms. The monoisotopic (exact) mass is 320 g/mol. The van der Waals surface area contributed by atoms with Crippen molar-refractivity contribution in [2.24, 2.45) is 0 Å². The molecule has 2 aromatic carbocycles. The van der Waals surface area contributed by atoms with Crippen LogP contribution in [-0.2, 0) is 0 Å². The first-order valence-electron chi connectivity index (χ1n) is 5.63. The first-order chi connectivity index (χ1) is 8.97. The van der Waals surface area contributed by atoms with Gasteiger partial charge in [-0.25, -0.2) is 0 Å². The molecule has 1 amide bonds. The van der Waals surface area contributed by atoms with Crippen molar-refractivity contribution in [3.8, 4) is 5.75 Å². The Morgan fingerprint density at radius 2 is 2.05 bits per heavy atom. The fraction of sp³-hybridized carbons (Fsp3) is 0.0714. The van der Waals surface area contributed by atoms with Crippen LogP contribution in [-0.4, -0.2) is 11.0 Å². The second-order valence-electron chi connectivity index (χ2n) is 4.19. The van der Waals surface area contributed by atoms with E-state index < -0.39 is 0 Å². The number of aromatic hydroxyl groups is 1. The molecule has 0 spiro atoms. The van der Waals surface area contributed by atoms with Crippen LogP contribution in [0.3, 0.4) is 0 Å². The van der Waals surface area contributed by atoms with E-state index in [4.69, 9.17) is 5.73 Å². The highest BCUT2D eigenvalue weighted by atomic mass is 79.9. The Labute approximate surface area is 119 Å². The molecule has 0 saturated carbocycles. The van der Waals surface area contributed by atoms with Crippen LogP contribution in [0.1, 0.15) is 15.9 Å². The van der Waals surface area contributed by atoms with Crippen LogP contribution in [0, 0.1) is 6.92 Å². The molecule has 0 aliphatic heterocycles. The van der Waals surface area contributed by atoms with Crippen molar-refractivity contribution in [3.63, 3.8) is 0 Å². The van der Waals surface area contributed by atoms with Crippen molar-refractivity contribution < 1.29 is 9.90 Å². The van der Waals surface area contributed by atoms with E-state index in [1.807, 2.05) is 13.0 Å². The van der Waals surface area contributed by atoms with E-state index >= 15 is 0 Å². The Morgan fingerprint density at radius 3 is 2.74 bits per heavy atom. The number of aryl methyl sites for hydroxylation is 1. The SMILES string of the molecule is Cc1cc(Br)c(NC(=O)c2cccc(O)c2)cc1N. The van der Waals surface area contributed by atoms with Crippen molar-refractivity contribution >= 4 is 33.2 Å². The van der Waals surface area contributed by atoms with Crippen LogP contribution in [0.4, 0.5) is 11.4 Å². The number of hydrogen-bond acceptors (Lipinski definition) is 3. The van der Waals surface area contributed by atoms with E-state index in [0.29, 0.717) is 16.9 Å². The maximum Gasteiger partial charge on any atom is 0.255 e. The first-order valence-corrected chi connectivity index (χ1v) is 6.42. The Bertz CT molecular complexity index is 641. The molecule has 0 unspecified atom stereocenters. The van der Waals surface area contributed by atoms with Crippen LogP contribution in [0.25, 0.3) is 0 Å². The molecule has 0 atom stereocenters. The molecule has 0 fully saturated rings. The summed E-state index contributed by atoms with van der Waals surface area (Å²) in [5.74, 6) is -0.255. The minimum absolute atomic E-state index is 0.0511. The minimum Gasteiger partial charge on any atom is -0.508 e. The smallest absolute Gasteiger partial charge is 0.255 e. The van der Waals surface area contributed by atoms with Crippen molar-refractivity contribution in [1.29, 1.82) is 0 Å². The summed E-state index contributed by atoms with van der Waals surface area (Å²) in [4.78, 5) is 12.0. The van der Waals surface area contributed by atoms with Crippen LogP contribution in [0.5, 0.6) is 5.75 Å². The summed E-state index contributed by atoms with van der Waals surface area (Å²) in [7, 11) is 0. The van der Waals surface area contributed by atoms with Gasteiger partial charge in [-0.15, -0.1) is 0 Å². The molecule has 0 saturated heterocycles. The largest absolute Gasteiger partial charge is 0.508 e. The summed E-state index contributed by atoms with van der Waals surface area (Å²) in [6.07, 6.45) is 0. The normalized spacial score (nSPS) is 10.2. The molecule has 0 heterocycles. The Balaban J connectivity index is 2.27. The standard InChI is InChI=1S/C14H13BrN2O2/c1-8-5-11(15)13(7-12(8)16)17-14(19)9-3-2-4-10(18)6-9/h2-7,18H,16H2,1H3,(H,17,19). The van der Waals surface area contributed by atoms with Crippen molar-refractivity contribution in [2.45, 2.75) is 6.92 Å². The van der Waals surface area contributed by atoms with E-state index in [1.54, 1.807) is 18.2 Å². The molecule has 19 heavy (non-hydrogen) atoms. The summed E-state index contributed by atoms with van der Waals surface area (Å²) in [5, 5.41) is 12.1.